The van der Waals surface area contributed by atoms with Crippen molar-refractivity contribution in [3.63, 3.8) is 0 Å². The van der Waals surface area contributed by atoms with Crippen molar-refractivity contribution in [2.75, 3.05) is 6.61 Å². The van der Waals surface area contributed by atoms with E-state index in [4.69, 9.17) is 28.4 Å². The number of ether oxygens (including phenoxy) is 6. The van der Waals surface area contributed by atoms with Crippen molar-refractivity contribution in [3.8, 4) is 0 Å². The van der Waals surface area contributed by atoms with E-state index in [2.05, 4.69) is 40.7 Å². The first-order chi connectivity index (χ1) is 31.7. The maximum Gasteiger partial charge on any atom is 0.333 e. The van der Waals surface area contributed by atoms with Gasteiger partial charge in [0, 0.05) is 11.8 Å². The van der Waals surface area contributed by atoms with Gasteiger partial charge in [-0.3, -0.25) is 4.79 Å². The molecule has 10 unspecified atom stereocenters. The molecule has 68 heavy (non-hydrogen) atoms. The summed E-state index contributed by atoms with van der Waals surface area (Å²) in [5.74, 6) is -3.82. The van der Waals surface area contributed by atoms with E-state index in [-0.39, 0.29) is 52.9 Å². The van der Waals surface area contributed by atoms with Gasteiger partial charge in [-0.15, -0.1) is 0 Å². The Kier molecular flexibility index (Phi) is 13.9. The number of aldehydes is 1. The molecule has 0 aromatic rings. The van der Waals surface area contributed by atoms with E-state index in [9.17, 15) is 50.1 Å². The van der Waals surface area contributed by atoms with Crippen LogP contribution < -0.4 is 0 Å². The quantitative estimate of drug-likeness (QED) is 0.0858. The molecule has 16 heteroatoms. The smallest absolute Gasteiger partial charge is 0.333 e. The predicted octanol–water partition coefficient (Wildman–Crippen LogP) is 5.08. The van der Waals surface area contributed by atoms with Gasteiger partial charge in [-0.25, -0.2) is 4.79 Å². The topological polar surface area (TPSA) is 248 Å². The van der Waals surface area contributed by atoms with Crippen LogP contribution in [0, 0.1) is 73.9 Å². The number of fused-ring (bicyclic) bond motifs is 7. The van der Waals surface area contributed by atoms with Gasteiger partial charge < -0.3 is 69.0 Å². The fourth-order valence-electron chi connectivity index (χ4n) is 16.0. The Morgan fingerprint density at radius 2 is 1.40 bits per heavy atom. The number of aliphatic hydroxyl groups is 5. The summed E-state index contributed by atoms with van der Waals surface area (Å²) in [6, 6.07) is 0. The standard InChI is InChI=1S/C52H82O16/c1-24-25(2)31(22-53)64-43(26(24)3)68-41-39(66-44-38(58)37(57)36(56)28(5)63-44)27(4)40(42(59)60)67-45(41)65-35-15-16-48(8)32(49(35,9)23-54)14-17-50(10)33(48)13-12-29-30-20-47(6,7)18-19-52(30,46(61)62)34(55)21-51(29,50)11/h12,23-28,30-41,43-45,53,55-58H,13-22H2,1-11H3,(H,59,60)(H,61,62)/t24-,25+,26?,27-,28-,30?,31?,32+,33?,34?,35-,36-,37?,38?,39-,40?,41?,43-,44-,45+,48?,49+,50-,51+,52+/m0/s1. The number of aliphatic carboxylic acids is 2. The highest BCUT2D eigenvalue weighted by Gasteiger charge is 2.72. The van der Waals surface area contributed by atoms with Crippen molar-refractivity contribution in [2.24, 2.45) is 73.9 Å². The number of carboxylic acids is 2. The summed E-state index contributed by atoms with van der Waals surface area (Å²) in [5, 5.41) is 76.4. The molecule has 16 nitrogen and oxygen atoms in total. The lowest BCUT2D eigenvalue weighted by atomic mass is 9.33. The fourth-order valence-corrected chi connectivity index (χ4v) is 16.0. The van der Waals surface area contributed by atoms with Gasteiger partial charge in [0.15, 0.2) is 25.0 Å². The first-order valence-corrected chi connectivity index (χ1v) is 25.6. The highest BCUT2D eigenvalue weighted by Crippen LogP contribution is 2.76. The van der Waals surface area contributed by atoms with Crippen LogP contribution in [0.15, 0.2) is 11.6 Å². The maximum absolute atomic E-state index is 14.0. The zero-order valence-electron chi connectivity index (χ0n) is 42.1. The van der Waals surface area contributed by atoms with E-state index in [0.29, 0.717) is 44.9 Å². The van der Waals surface area contributed by atoms with Gasteiger partial charge in [0.2, 0.25) is 0 Å². The second kappa shape index (κ2) is 18.1. The Labute approximate surface area is 401 Å². The van der Waals surface area contributed by atoms with E-state index in [1.165, 1.54) is 12.5 Å². The van der Waals surface area contributed by atoms with Crippen LogP contribution >= 0.6 is 0 Å². The molecule has 8 rings (SSSR count). The zero-order chi connectivity index (χ0) is 50.0. The van der Waals surface area contributed by atoms with Crippen molar-refractivity contribution in [1.82, 2.24) is 0 Å². The summed E-state index contributed by atoms with van der Waals surface area (Å²) in [7, 11) is 0. The minimum Gasteiger partial charge on any atom is -0.481 e. The SMILES string of the molecule is CC1[C@H](OC2[C@H](O[C@H]3CCC4(C)C5CC=C6C7CC(C)(C)CC[C@]7(C(=O)O)C(O)C[C@@]6(C)[C@@]5(C)CC[C@H]4[C@@]3(C)C=O)OC(C(=O)O)[C@@H](C)[C@@H]2O[C@@H]2O[C@@H](C)[C@H](O)C(O)C2O)OC(CO)[C@H](C)[C@@H]1C. The first kappa shape index (κ1) is 52.2. The van der Waals surface area contributed by atoms with E-state index in [0.717, 1.165) is 19.1 Å². The van der Waals surface area contributed by atoms with Crippen LogP contribution in [0.2, 0.25) is 0 Å². The highest BCUT2D eigenvalue weighted by atomic mass is 16.8. The van der Waals surface area contributed by atoms with Crippen LogP contribution in [-0.4, -0.2) is 140 Å². The Morgan fingerprint density at radius 1 is 0.721 bits per heavy atom. The van der Waals surface area contributed by atoms with E-state index in [1.54, 1.807) is 6.92 Å². The van der Waals surface area contributed by atoms with E-state index in [1.807, 2.05) is 27.7 Å². The third-order valence-corrected chi connectivity index (χ3v) is 21.0. The average Bonchev–Trinajstić information content (AvgIpc) is 3.27. The van der Waals surface area contributed by atoms with Crippen molar-refractivity contribution in [1.29, 1.82) is 0 Å². The number of hydrogen-bond acceptors (Lipinski definition) is 14. The summed E-state index contributed by atoms with van der Waals surface area (Å²) in [5.41, 5.74) is -2.47. The van der Waals surface area contributed by atoms with Crippen molar-refractivity contribution >= 4 is 18.2 Å². The van der Waals surface area contributed by atoms with Gasteiger partial charge in [0.25, 0.3) is 0 Å². The number of carbonyl (C=O) groups is 3. The van der Waals surface area contributed by atoms with Gasteiger partial charge in [0.05, 0.1) is 42.5 Å². The molecule has 0 aromatic heterocycles. The molecule has 8 aliphatic rings. The molecule has 5 aliphatic carbocycles. The molecular weight excluding hydrogens is 881 g/mol. The maximum atomic E-state index is 14.0. The van der Waals surface area contributed by atoms with Crippen molar-refractivity contribution in [2.45, 2.75) is 214 Å². The van der Waals surface area contributed by atoms with Crippen LogP contribution in [0.25, 0.3) is 0 Å². The van der Waals surface area contributed by atoms with Crippen molar-refractivity contribution < 1.29 is 78.6 Å². The fraction of sp³-hybridized carbons (Fsp3) is 0.904. The Morgan fingerprint density at radius 3 is 2.03 bits per heavy atom. The molecule has 3 saturated heterocycles. The number of carbonyl (C=O) groups excluding carboxylic acids is 1. The van der Waals surface area contributed by atoms with E-state index < -0.39 is 119 Å². The third-order valence-electron chi connectivity index (χ3n) is 21.0. The Bertz CT molecular complexity index is 1940. The largest absolute Gasteiger partial charge is 0.481 e. The lowest BCUT2D eigenvalue weighted by Gasteiger charge is -2.71. The van der Waals surface area contributed by atoms with Gasteiger partial charge in [-0.2, -0.15) is 0 Å². The normalized spacial score (nSPS) is 54.5. The minimum atomic E-state index is -1.71. The lowest BCUT2D eigenvalue weighted by molar-refractivity contribution is -0.383. The molecule has 0 spiro atoms. The van der Waals surface area contributed by atoms with Gasteiger partial charge in [0.1, 0.15) is 36.1 Å². The van der Waals surface area contributed by atoms with Crippen LogP contribution in [0.3, 0.4) is 0 Å². The van der Waals surface area contributed by atoms with Crippen molar-refractivity contribution in [3.05, 3.63) is 11.6 Å². The zero-order valence-corrected chi connectivity index (χ0v) is 42.1. The molecule has 3 heterocycles. The third kappa shape index (κ3) is 7.81. The summed E-state index contributed by atoms with van der Waals surface area (Å²) in [6.07, 6.45) is -7.36. The summed E-state index contributed by atoms with van der Waals surface area (Å²) in [6.45, 7) is 22.0. The number of allylic oxidation sites excluding steroid dienone is 2. The molecule has 3 aliphatic heterocycles. The molecule has 0 radical (unpaired) electrons. The Hall–Kier alpha value is -2.09. The monoisotopic (exact) mass is 963 g/mol. The summed E-state index contributed by atoms with van der Waals surface area (Å²) < 4.78 is 39.1. The number of aliphatic hydroxyl groups excluding tert-OH is 5. The number of carboxylic acid groups (broad SMARTS) is 2. The average molecular weight is 963 g/mol. The minimum absolute atomic E-state index is 0.0183. The molecule has 0 aromatic carbocycles. The summed E-state index contributed by atoms with van der Waals surface area (Å²) in [4.78, 5) is 40.3. The molecule has 0 bridgehead atoms. The van der Waals surface area contributed by atoms with Crippen LogP contribution in [0.4, 0.5) is 0 Å². The van der Waals surface area contributed by atoms with Crippen LogP contribution in [-0.2, 0) is 42.8 Å². The van der Waals surface area contributed by atoms with Gasteiger partial charge in [-0.1, -0.05) is 80.9 Å². The second-order valence-electron chi connectivity index (χ2n) is 24.7. The Balaban J connectivity index is 1.13. The molecule has 7 fully saturated rings. The lowest BCUT2D eigenvalue weighted by Crippen LogP contribution is -2.68. The molecule has 386 valence electrons. The predicted molar refractivity (Wildman–Crippen MR) is 244 cm³/mol. The van der Waals surface area contributed by atoms with Crippen LogP contribution in [0.1, 0.15) is 134 Å². The molecule has 0 amide bonds. The molecular formula is C52H82O16. The highest BCUT2D eigenvalue weighted by molar-refractivity contribution is 5.77. The first-order valence-electron chi connectivity index (χ1n) is 25.6. The molecule has 4 saturated carbocycles. The second-order valence-corrected chi connectivity index (χ2v) is 24.7. The van der Waals surface area contributed by atoms with Gasteiger partial charge in [-0.05, 0) is 116 Å². The van der Waals surface area contributed by atoms with Gasteiger partial charge >= 0.3 is 11.9 Å². The van der Waals surface area contributed by atoms with E-state index >= 15 is 0 Å². The van der Waals surface area contributed by atoms with Crippen LogP contribution in [0.5, 0.6) is 0 Å². The number of hydrogen-bond donors (Lipinski definition) is 7. The summed E-state index contributed by atoms with van der Waals surface area (Å²) >= 11 is 0. The molecule has 7 N–H and O–H groups in total. The number of rotatable bonds is 10. The molecule has 25 atom stereocenters.